The molecule has 0 radical (unpaired) electrons. The van der Waals surface area contributed by atoms with Crippen LogP contribution >= 0.6 is 23.4 Å². The van der Waals surface area contributed by atoms with Gasteiger partial charge in [0.15, 0.2) is 11.0 Å². The Balaban J connectivity index is 1.59. The fraction of sp³-hybridized carbons (Fsp3) is 0.211. The number of benzene rings is 2. The zero-order chi connectivity index (χ0) is 21.3. The van der Waals surface area contributed by atoms with Gasteiger partial charge in [0.1, 0.15) is 0 Å². The minimum Gasteiger partial charge on any atom is -0.334 e. The Labute approximate surface area is 182 Å². The summed E-state index contributed by atoms with van der Waals surface area (Å²) in [5, 5.41) is 10.7. The van der Waals surface area contributed by atoms with Crippen LogP contribution in [0.1, 0.15) is 19.2 Å². The van der Waals surface area contributed by atoms with Gasteiger partial charge < -0.3 is 9.09 Å². The maximum atomic E-state index is 11.6. The molecule has 2 aromatic carbocycles. The molecule has 4 rings (SSSR count). The van der Waals surface area contributed by atoms with Crippen molar-refractivity contribution in [1.29, 1.82) is 0 Å². The van der Waals surface area contributed by atoms with Crippen molar-refractivity contribution in [2.45, 2.75) is 35.7 Å². The minimum atomic E-state index is -3.79. The van der Waals surface area contributed by atoms with E-state index in [4.69, 9.17) is 21.3 Å². The normalized spacial score (nSPS) is 12.0. The molecule has 0 amide bonds. The molecular formula is C19H18ClN5O3S2. The number of rotatable bonds is 7. The van der Waals surface area contributed by atoms with Gasteiger partial charge in [-0.2, -0.15) is 4.98 Å². The molecule has 0 aliphatic heterocycles. The van der Waals surface area contributed by atoms with Gasteiger partial charge in [0, 0.05) is 17.1 Å². The topological polar surface area (TPSA) is 117 Å². The predicted octanol–water partition coefficient (Wildman–Crippen LogP) is 4.09. The smallest absolute Gasteiger partial charge is 0.257 e. The van der Waals surface area contributed by atoms with E-state index in [1.54, 1.807) is 18.2 Å². The number of nitrogens with zero attached hydrogens (tertiary/aromatic N) is 4. The Bertz CT molecular complexity index is 1300. The fourth-order valence-corrected chi connectivity index (χ4v) is 4.51. The van der Waals surface area contributed by atoms with Gasteiger partial charge in [-0.15, -0.1) is 0 Å². The van der Waals surface area contributed by atoms with E-state index < -0.39 is 10.0 Å². The molecule has 0 spiro atoms. The van der Waals surface area contributed by atoms with Gasteiger partial charge in [0.05, 0.1) is 21.7 Å². The molecule has 0 saturated heterocycles. The van der Waals surface area contributed by atoms with Crippen LogP contribution in [0.15, 0.2) is 57.0 Å². The molecule has 0 atom stereocenters. The molecule has 0 bridgehead atoms. The van der Waals surface area contributed by atoms with Crippen LogP contribution in [0.2, 0.25) is 5.02 Å². The fourth-order valence-electron chi connectivity index (χ4n) is 2.97. The summed E-state index contributed by atoms with van der Waals surface area (Å²) in [6.07, 6.45) is 0.902. The van der Waals surface area contributed by atoms with Crippen LogP contribution in [-0.4, -0.2) is 28.1 Å². The summed E-state index contributed by atoms with van der Waals surface area (Å²) in [5.74, 6) is 1.40. The Morgan fingerprint density at radius 3 is 2.63 bits per heavy atom. The average molecular weight is 464 g/mol. The number of thioether (sulfide) groups is 1. The summed E-state index contributed by atoms with van der Waals surface area (Å²) < 4.78 is 30.7. The summed E-state index contributed by atoms with van der Waals surface area (Å²) in [5.41, 5.74) is 2.21. The standard InChI is InChI=1S/C19H18ClN5O3S2/c1-2-9-25-16-8-7-14(30(21,26)27)10-15(16)22-19(25)29-11-17-23-18(28-24-17)12-3-5-13(20)6-4-12/h3-8,10H,2,9,11H2,1H3,(H2,21,26,27). The van der Waals surface area contributed by atoms with Gasteiger partial charge in [-0.3, -0.25) is 0 Å². The predicted molar refractivity (Wildman–Crippen MR) is 116 cm³/mol. The number of primary sulfonamides is 1. The first-order valence-corrected chi connectivity index (χ1v) is 12.0. The van der Waals surface area contributed by atoms with Gasteiger partial charge in [-0.25, -0.2) is 18.5 Å². The first-order chi connectivity index (χ1) is 14.3. The third-order valence-electron chi connectivity index (χ3n) is 4.35. The van der Waals surface area contributed by atoms with Crippen LogP contribution < -0.4 is 5.14 Å². The molecule has 2 N–H and O–H groups in total. The second kappa shape index (κ2) is 8.38. The summed E-state index contributed by atoms with van der Waals surface area (Å²) in [4.78, 5) is 9.07. The van der Waals surface area contributed by atoms with Gasteiger partial charge >= 0.3 is 0 Å². The van der Waals surface area contributed by atoms with Gasteiger partial charge in [0.2, 0.25) is 10.0 Å². The number of hydrogen-bond donors (Lipinski definition) is 1. The SMILES string of the molecule is CCCn1c(SCc2noc(-c3ccc(Cl)cc3)n2)nc2cc(S(N)(=O)=O)ccc21. The Morgan fingerprint density at radius 2 is 1.93 bits per heavy atom. The lowest BCUT2D eigenvalue weighted by atomic mass is 10.2. The Kier molecular flexibility index (Phi) is 5.83. The average Bonchev–Trinajstić information content (AvgIpc) is 3.31. The van der Waals surface area contributed by atoms with Crippen molar-refractivity contribution in [3.63, 3.8) is 0 Å². The largest absolute Gasteiger partial charge is 0.334 e. The van der Waals surface area contributed by atoms with E-state index in [0.29, 0.717) is 28.0 Å². The van der Waals surface area contributed by atoms with Crippen LogP contribution in [0.5, 0.6) is 0 Å². The lowest BCUT2D eigenvalue weighted by molar-refractivity contribution is 0.425. The van der Waals surface area contributed by atoms with E-state index in [1.165, 1.54) is 23.9 Å². The molecule has 2 aromatic heterocycles. The van der Waals surface area contributed by atoms with E-state index in [-0.39, 0.29) is 4.90 Å². The summed E-state index contributed by atoms with van der Waals surface area (Å²) in [6.45, 7) is 2.81. The quantitative estimate of drug-likeness (QED) is 0.410. The molecule has 156 valence electrons. The van der Waals surface area contributed by atoms with E-state index in [0.717, 1.165) is 29.2 Å². The van der Waals surface area contributed by atoms with Crippen LogP contribution in [-0.2, 0) is 22.3 Å². The molecule has 11 heteroatoms. The first kappa shape index (κ1) is 20.9. The highest BCUT2D eigenvalue weighted by Gasteiger charge is 2.16. The van der Waals surface area contributed by atoms with Crippen molar-refractivity contribution in [3.8, 4) is 11.5 Å². The lowest BCUT2D eigenvalue weighted by Gasteiger charge is -2.06. The summed E-state index contributed by atoms with van der Waals surface area (Å²) in [7, 11) is -3.79. The van der Waals surface area contributed by atoms with E-state index >= 15 is 0 Å². The second-order valence-electron chi connectivity index (χ2n) is 6.55. The van der Waals surface area contributed by atoms with Crippen molar-refractivity contribution < 1.29 is 12.9 Å². The molecule has 4 aromatic rings. The number of aryl methyl sites for hydroxylation is 1. The van der Waals surface area contributed by atoms with Gasteiger partial charge in [-0.1, -0.05) is 35.4 Å². The van der Waals surface area contributed by atoms with Crippen LogP contribution in [0.25, 0.3) is 22.5 Å². The highest BCUT2D eigenvalue weighted by atomic mass is 35.5. The second-order valence-corrected chi connectivity index (χ2v) is 9.49. The van der Waals surface area contributed by atoms with E-state index in [9.17, 15) is 8.42 Å². The van der Waals surface area contributed by atoms with Crippen molar-refractivity contribution >= 4 is 44.4 Å². The highest BCUT2D eigenvalue weighted by molar-refractivity contribution is 7.98. The number of halogens is 1. The first-order valence-electron chi connectivity index (χ1n) is 9.09. The minimum absolute atomic E-state index is 0.0403. The molecule has 0 fully saturated rings. The molecule has 0 aliphatic rings. The zero-order valence-corrected chi connectivity index (χ0v) is 18.3. The third kappa shape index (κ3) is 4.36. The molecule has 8 nitrogen and oxygen atoms in total. The molecule has 0 unspecified atom stereocenters. The van der Waals surface area contributed by atoms with Gasteiger partial charge in [-0.05, 0) is 48.9 Å². The molecular weight excluding hydrogens is 446 g/mol. The summed E-state index contributed by atoms with van der Waals surface area (Å²) in [6, 6.07) is 11.9. The maximum absolute atomic E-state index is 11.6. The van der Waals surface area contributed by atoms with Crippen molar-refractivity contribution in [2.24, 2.45) is 5.14 Å². The molecule has 2 heterocycles. The Hall–Kier alpha value is -2.40. The number of aromatic nitrogens is 4. The van der Waals surface area contributed by atoms with Crippen LogP contribution in [0.3, 0.4) is 0 Å². The van der Waals surface area contributed by atoms with Crippen LogP contribution in [0, 0.1) is 0 Å². The highest BCUT2D eigenvalue weighted by Crippen LogP contribution is 2.29. The monoisotopic (exact) mass is 463 g/mol. The Morgan fingerprint density at radius 1 is 1.17 bits per heavy atom. The number of sulfonamides is 1. The maximum Gasteiger partial charge on any atom is 0.257 e. The molecule has 0 saturated carbocycles. The third-order valence-corrected chi connectivity index (χ3v) is 6.49. The summed E-state index contributed by atoms with van der Waals surface area (Å²) >= 11 is 7.37. The van der Waals surface area contributed by atoms with Crippen molar-refractivity contribution in [1.82, 2.24) is 19.7 Å². The van der Waals surface area contributed by atoms with Crippen LogP contribution in [0.4, 0.5) is 0 Å². The van der Waals surface area contributed by atoms with E-state index in [2.05, 4.69) is 22.0 Å². The van der Waals surface area contributed by atoms with Crippen molar-refractivity contribution in [2.75, 3.05) is 0 Å². The lowest BCUT2D eigenvalue weighted by Crippen LogP contribution is -2.11. The number of hydrogen-bond acceptors (Lipinski definition) is 7. The molecule has 0 aliphatic carbocycles. The number of imidazole rings is 1. The van der Waals surface area contributed by atoms with Gasteiger partial charge in [0.25, 0.3) is 5.89 Å². The van der Waals surface area contributed by atoms with E-state index in [1.807, 2.05) is 16.7 Å². The number of nitrogens with two attached hydrogens (primary N) is 1. The van der Waals surface area contributed by atoms with Crippen molar-refractivity contribution in [3.05, 3.63) is 53.3 Å². The molecule has 30 heavy (non-hydrogen) atoms. The zero-order valence-electron chi connectivity index (χ0n) is 15.9. The number of fused-ring (bicyclic) bond motifs is 1.